The smallest absolute Gasteiger partial charge is 0.0167 e. The summed E-state index contributed by atoms with van der Waals surface area (Å²) in [4.78, 5) is 4.73. The zero-order valence-corrected chi connectivity index (χ0v) is 17.3. The van der Waals surface area contributed by atoms with E-state index in [1.807, 2.05) is 6.20 Å². The minimum absolute atomic E-state index is 0. The Hall–Kier alpha value is -2.28. The van der Waals surface area contributed by atoms with Gasteiger partial charge in [0.15, 0.2) is 0 Å². The molecule has 1 heterocycles. The van der Waals surface area contributed by atoms with Crippen molar-refractivity contribution in [2.75, 3.05) is 0 Å². The Morgan fingerprint density at radius 1 is 0.741 bits per heavy atom. The van der Waals surface area contributed by atoms with Crippen molar-refractivity contribution in [3.05, 3.63) is 89.1 Å². The van der Waals surface area contributed by atoms with E-state index >= 15 is 0 Å². The van der Waals surface area contributed by atoms with Gasteiger partial charge < -0.3 is 4.98 Å². The monoisotopic (exact) mass is 525 g/mol. The van der Waals surface area contributed by atoms with Crippen LogP contribution in [0.4, 0.5) is 0 Å². The van der Waals surface area contributed by atoms with Crippen molar-refractivity contribution in [2.45, 2.75) is 25.7 Å². The van der Waals surface area contributed by atoms with Gasteiger partial charge in [-0.05, 0) is 59.3 Å². The Morgan fingerprint density at radius 2 is 1.52 bits per heavy atom. The van der Waals surface area contributed by atoms with Crippen molar-refractivity contribution in [1.82, 2.24) is 4.98 Å². The molecule has 0 amide bonds. The largest absolute Gasteiger partial charge is 0.304 e. The molecule has 0 unspecified atom stereocenters. The second-order valence-electron chi connectivity index (χ2n) is 7.39. The topological polar surface area (TPSA) is 12.9 Å². The van der Waals surface area contributed by atoms with Gasteiger partial charge in [-0.15, -0.1) is 28.8 Å². The molecular formula is C25H18IrN-. The van der Waals surface area contributed by atoms with Crippen LogP contribution in [0.3, 0.4) is 0 Å². The van der Waals surface area contributed by atoms with Gasteiger partial charge in [0.1, 0.15) is 0 Å². The van der Waals surface area contributed by atoms with Crippen LogP contribution >= 0.6 is 0 Å². The summed E-state index contributed by atoms with van der Waals surface area (Å²) >= 11 is 0. The van der Waals surface area contributed by atoms with Crippen LogP contribution in [-0.2, 0) is 45.8 Å². The minimum Gasteiger partial charge on any atom is -0.304 e. The Morgan fingerprint density at radius 3 is 2.41 bits per heavy atom. The molecule has 1 radical (unpaired) electrons. The molecule has 2 aliphatic carbocycles. The number of hydrogen-bond acceptors (Lipinski definition) is 1. The number of aryl methyl sites for hydroxylation is 4. The van der Waals surface area contributed by atoms with Crippen LogP contribution in [0, 0.1) is 6.07 Å². The molecular weight excluding hydrogens is 506 g/mol. The van der Waals surface area contributed by atoms with Crippen molar-refractivity contribution < 1.29 is 20.1 Å². The molecule has 133 valence electrons. The second-order valence-corrected chi connectivity index (χ2v) is 7.39. The van der Waals surface area contributed by atoms with Crippen LogP contribution in [0.15, 0.2) is 60.8 Å². The molecule has 0 saturated heterocycles. The van der Waals surface area contributed by atoms with Crippen molar-refractivity contribution >= 4 is 10.8 Å². The molecule has 0 saturated carbocycles. The number of benzene rings is 3. The van der Waals surface area contributed by atoms with Crippen LogP contribution in [0.2, 0.25) is 0 Å². The summed E-state index contributed by atoms with van der Waals surface area (Å²) in [6, 6.07) is 23.5. The molecule has 0 fully saturated rings. The van der Waals surface area contributed by atoms with Crippen LogP contribution in [0.5, 0.6) is 0 Å². The third-order valence-electron chi connectivity index (χ3n) is 5.95. The SMILES string of the molecule is [Ir].[c-]1c(-c2nccc3ccccc23)cc2c3c1CCc1cccc(c1-3)CC2. The van der Waals surface area contributed by atoms with E-state index in [1.165, 1.54) is 44.2 Å². The summed E-state index contributed by atoms with van der Waals surface area (Å²) in [7, 11) is 0. The standard InChI is InChI=1S/C25H18N.Ir/c1-2-7-22-16(4-1)12-13-26-25(22)21-14-19-10-8-17-5-3-6-18-9-11-20(15-21)24(19)23(17)18;/h1-7,12-14H,8-11H2;/q-1;. The molecule has 1 nitrogen and oxygen atoms in total. The third-order valence-corrected chi connectivity index (χ3v) is 5.95. The summed E-state index contributed by atoms with van der Waals surface area (Å²) in [5, 5.41) is 2.45. The quantitative estimate of drug-likeness (QED) is 0.297. The molecule has 4 aromatic rings. The Balaban J connectivity index is 0.00000160. The van der Waals surface area contributed by atoms with Gasteiger partial charge in [0.2, 0.25) is 0 Å². The van der Waals surface area contributed by atoms with Gasteiger partial charge in [-0.25, -0.2) is 0 Å². The number of pyridine rings is 1. The minimum atomic E-state index is 0. The van der Waals surface area contributed by atoms with E-state index in [2.05, 4.69) is 60.7 Å². The summed E-state index contributed by atoms with van der Waals surface area (Å²) in [6.07, 6.45) is 6.38. The normalized spacial score (nSPS) is 13.8. The van der Waals surface area contributed by atoms with Gasteiger partial charge in [0, 0.05) is 26.3 Å². The van der Waals surface area contributed by atoms with Gasteiger partial charge in [-0.1, -0.05) is 53.6 Å². The van der Waals surface area contributed by atoms with E-state index in [-0.39, 0.29) is 20.1 Å². The van der Waals surface area contributed by atoms with Crippen LogP contribution in [0.25, 0.3) is 33.2 Å². The molecule has 2 aliphatic rings. The Kier molecular flexibility index (Phi) is 4.00. The molecule has 6 rings (SSSR count). The Labute approximate surface area is 172 Å². The van der Waals surface area contributed by atoms with E-state index in [4.69, 9.17) is 4.98 Å². The predicted molar refractivity (Wildman–Crippen MR) is 106 cm³/mol. The fourth-order valence-electron chi connectivity index (χ4n) is 4.78. The number of nitrogens with zero attached hydrogens (tertiary/aromatic N) is 1. The van der Waals surface area contributed by atoms with E-state index in [9.17, 15) is 0 Å². The van der Waals surface area contributed by atoms with Gasteiger partial charge in [-0.3, -0.25) is 0 Å². The summed E-state index contributed by atoms with van der Waals surface area (Å²) < 4.78 is 0. The molecule has 27 heavy (non-hydrogen) atoms. The van der Waals surface area contributed by atoms with Gasteiger partial charge in [-0.2, -0.15) is 0 Å². The summed E-state index contributed by atoms with van der Waals surface area (Å²) in [5.41, 5.74) is 11.1. The maximum absolute atomic E-state index is 4.73. The Bertz CT molecular complexity index is 1140. The number of rotatable bonds is 1. The van der Waals surface area contributed by atoms with Crippen molar-refractivity contribution in [1.29, 1.82) is 0 Å². The zero-order chi connectivity index (χ0) is 17.1. The van der Waals surface area contributed by atoms with E-state index in [0.29, 0.717) is 0 Å². The summed E-state index contributed by atoms with van der Waals surface area (Å²) in [5.74, 6) is 0. The van der Waals surface area contributed by atoms with Crippen molar-refractivity contribution in [2.24, 2.45) is 0 Å². The van der Waals surface area contributed by atoms with Gasteiger partial charge in [0.25, 0.3) is 0 Å². The van der Waals surface area contributed by atoms with E-state index in [1.54, 1.807) is 0 Å². The first-order valence-electron chi connectivity index (χ1n) is 9.42. The number of fused-ring (bicyclic) bond motifs is 1. The van der Waals surface area contributed by atoms with Crippen LogP contribution < -0.4 is 0 Å². The first kappa shape index (κ1) is 16.9. The van der Waals surface area contributed by atoms with Crippen LogP contribution in [0.1, 0.15) is 22.3 Å². The van der Waals surface area contributed by atoms with Gasteiger partial charge in [0.05, 0.1) is 0 Å². The fraction of sp³-hybridized carbons (Fsp3) is 0.160. The number of aromatic nitrogens is 1. The van der Waals surface area contributed by atoms with E-state index < -0.39 is 0 Å². The fourth-order valence-corrected chi connectivity index (χ4v) is 4.78. The third kappa shape index (κ3) is 2.51. The summed E-state index contributed by atoms with van der Waals surface area (Å²) in [6.45, 7) is 0. The molecule has 1 aromatic heterocycles. The molecule has 3 aromatic carbocycles. The van der Waals surface area contributed by atoms with Crippen LogP contribution in [-0.4, -0.2) is 4.98 Å². The molecule has 0 spiro atoms. The zero-order valence-electron chi connectivity index (χ0n) is 14.9. The number of hydrogen-bond donors (Lipinski definition) is 0. The first-order valence-corrected chi connectivity index (χ1v) is 9.42. The average molecular weight is 525 g/mol. The molecule has 0 bridgehead atoms. The second kappa shape index (κ2) is 6.41. The predicted octanol–water partition coefficient (Wildman–Crippen LogP) is 5.56. The molecule has 0 N–H and O–H groups in total. The first-order chi connectivity index (χ1) is 12.9. The molecule has 2 heteroatoms. The molecule has 0 atom stereocenters. The average Bonchev–Trinajstić information content (AvgIpc) is 2.71. The maximum Gasteiger partial charge on any atom is 0.0167 e. The van der Waals surface area contributed by atoms with Gasteiger partial charge >= 0.3 is 0 Å². The van der Waals surface area contributed by atoms with Crippen molar-refractivity contribution in [3.63, 3.8) is 0 Å². The maximum atomic E-state index is 4.73. The van der Waals surface area contributed by atoms with Crippen molar-refractivity contribution in [3.8, 4) is 22.4 Å². The molecule has 0 aliphatic heterocycles. The van der Waals surface area contributed by atoms with E-state index in [0.717, 1.165) is 36.9 Å².